The standard InChI is InChI=1S/C12H16FNO2S/c1-8(6-14)17-7-9-3-4-10(11(13)5-9)12(15)16-2/h3-5,8H,6-7,14H2,1-2H3. The molecule has 0 fully saturated rings. The normalized spacial score (nSPS) is 12.2. The molecule has 0 aliphatic carbocycles. The molecule has 0 amide bonds. The Hall–Kier alpha value is -1.07. The zero-order valence-electron chi connectivity index (χ0n) is 9.90. The van der Waals surface area contributed by atoms with Crippen molar-refractivity contribution in [3.05, 3.63) is 35.1 Å². The van der Waals surface area contributed by atoms with Crippen molar-refractivity contribution in [2.45, 2.75) is 17.9 Å². The summed E-state index contributed by atoms with van der Waals surface area (Å²) in [5, 5.41) is 0.332. The summed E-state index contributed by atoms with van der Waals surface area (Å²) in [6.45, 7) is 2.61. The highest BCUT2D eigenvalue weighted by molar-refractivity contribution is 7.99. The van der Waals surface area contributed by atoms with Crippen molar-refractivity contribution in [2.24, 2.45) is 5.73 Å². The molecule has 1 unspecified atom stereocenters. The van der Waals surface area contributed by atoms with Gasteiger partial charge in [0.05, 0.1) is 12.7 Å². The molecule has 0 radical (unpaired) electrons. The molecule has 94 valence electrons. The van der Waals surface area contributed by atoms with E-state index in [-0.39, 0.29) is 5.56 Å². The van der Waals surface area contributed by atoms with E-state index in [4.69, 9.17) is 5.73 Å². The minimum Gasteiger partial charge on any atom is -0.465 e. The number of halogens is 1. The van der Waals surface area contributed by atoms with Crippen molar-refractivity contribution < 1.29 is 13.9 Å². The molecule has 1 aromatic carbocycles. The van der Waals surface area contributed by atoms with Crippen LogP contribution in [0.4, 0.5) is 4.39 Å². The molecule has 0 aliphatic rings. The summed E-state index contributed by atoms with van der Waals surface area (Å²) in [5.74, 6) is -0.524. The van der Waals surface area contributed by atoms with Crippen molar-refractivity contribution in [3.8, 4) is 0 Å². The van der Waals surface area contributed by atoms with Gasteiger partial charge in [0.25, 0.3) is 0 Å². The van der Waals surface area contributed by atoms with Gasteiger partial charge in [0, 0.05) is 17.5 Å². The van der Waals surface area contributed by atoms with Crippen LogP contribution in [0.2, 0.25) is 0 Å². The smallest absolute Gasteiger partial charge is 0.340 e. The van der Waals surface area contributed by atoms with Gasteiger partial charge in [-0.1, -0.05) is 13.0 Å². The summed E-state index contributed by atoms with van der Waals surface area (Å²) in [6.07, 6.45) is 0. The number of benzene rings is 1. The van der Waals surface area contributed by atoms with Gasteiger partial charge in [-0.2, -0.15) is 11.8 Å². The SMILES string of the molecule is COC(=O)c1ccc(CSC(C)CN)cc1F. The number of ether oxygens (including phenoxy) is 1. The predicted octanol–water partition coefficient (Wildman–Crippen LogP) is 2.19. The monoisotopic (exact) mass is 257 g/mol. The second-order valence-electron chi connectivity index (χ2n) is 3.66. The predicted molar refractivity (Wildman–Crippen MR) is 67.6 cm³/mol. The fraction of sp³-hybridized carbons (Fsp3) is 0.417. The van der Waals surface area contributed by atoms with Gasteiger partial charge in [-0.3, -0.25) is 0 Å². The average Bonchev–Trinajstić information content (AvgIpc) is 2.35. The molecule has 2 N–H and O–H groups in total. The topological polar surface area (TPSA) is 52.3 Å². The molecule has 0 heterocycles. The maximum absolute atomic E-state index is 13.6. The highest BCUT2D eigenvalue weighted by Gasteiger charge is 2.12. The Morgan fingerprint density at radius 1 is 1.59 bits per heavy atom. The first kappa shape index (κ1) is 14.0. The molecule has 0 saturated carbocycles. The first-order valence-corrected chi connectivity index (χ1v) is 6.31. The molecular formula is C12H16FNO2S. The van der Waals surface area contributed by atoms with Gasteiger partial charge < -0.3 is 10.5 Å². The maximum atomic E-state index is 13.6. The Labute approximate surface area is 105 Å². The van der Waals surface area contributed by atoms with Crippen LogP contribution in [0.25, 0.3) is 0 Å². The van der Waals surface area contributed by atoms with E-state index in [1.54, 1.807) is 17.8 Å². The number of methoxy groups -OCH3 is 1. The molecule has 3 nitrogen and oxygen atoms in total. The lowest BCUT2D eigenvalue weighted by Gasteiger charge is -2.08. The van der Waals surface area contributed by atoms with E-state index in [1.165, 1.54) is 19.2 Å². The van der Waals surface area contributed by atoms with Gasteiger partial charge in [-0.15, -0.1) is 0 Å². The molecular weight excluding hydrogens is 241 g/mol. The quantitative estimate of drug-likeness (QED) is 0.822. The highest BCUT2D eigenvalue weighted by Crippen LogP contribution is 2.19. The van der Waals surface area contributed by atoms with E-state index in [9.17, 15) is 9.18 Å². The zero-order chi connectivity index (χ0) is 12.8. The number of thioether (sulfide) groups is 1. The molecule has 1 aromatic rings. The largest absolute Gasteiger partial charge is 0.465 e. The molecule has 17 heavy (non-hydrogen) atoms. The third kappa shape index (κ3) is 4.02. The van der Waals surface area contributed by atoms with E-state index in [2.05, 4.69) is 4.74 Å². The van der Waals surface area contributed by atoms with Gasteiger partial charge in [0.1, 0.15) is 5.82 Å². The molecule has 0 spiro atoms. The average molecular weight is 257 g/mol. The van der Waals surface area contributed by atoms with E-state index < -0.39 is 11.8 Å². The molecule has 0 saturated heterocycles. The second kappa shape index (κ2) is 6.61. The van der Waals surface area contributed by atoms with E-state index in [1.807, 2.05) is 6.92 Å². The summed E-state index contributed by atoms with van der Waals surface area (Å²) in [7, 11) is 1.23. The first-order chi connectivity index (χ1) is 8.08. The van der Waals surface area contributed by atoms with Crippen LogP contribution in [0.5, 0.6) is 0 Å². The van der Waals surface area contributed by atoms with E-state index >= 15 is 0 Å². The van der Waals surface area contributed by atoms with Crippen molar-refractivity contribution in [3.63, 3.8) is 0 Å². The van der Waals surface area contributed by atoms with Crippen molar-refractivity contribution in [1.82, 2.24) is 0 Å². The van der Waals surface area contributed by atoms with Crippen LogP contribution in [0, 0.1) is 5.82 Å². The van der Waals surface area contributed by atoms with Gasteiger partial charge in [0.15, 0.2) is 0 Å². The summed E-state index contributed by atoms with van der Waals surface area (Å²) in [6, 6.07) is 4.54. The summed E-state index contributed by atoms with van der Waals surface area (Å²) >= 11 is 1.65. The van der Waals surface area contributed by atoms with Gasteiger partial charge in [-0.05, 0) is 17.7 Å². The Morgan fingerprint density at radius 3 is 2.82 bits per heavy atom. The van der Waals surface area contributed by atoms with E-state index in [0.29, 0.717) is 17.5 Å². The molecule has 0 bridgehead atoms. The van der Waals surface area contributed by atoms with Crippen molar-refractivity contribution >= 4 is 17.7 Å². The maximum Gasteiger partial charge on any atom is 0.340 e. The highest BCUT2D eigenvalue weighted by atomic mass is 32.2. The fourth-order valence-electron chi connectivity index (χ4n) is 1.23. The van der Waals surface area contributed by atoms with Crippen LogP contribution in [0.3, 0.4) is 0 Å². The number of carbonyl (C=O) groups is 1. The lowest BCUT2D eigenvalue weighted by atomic mass is 10.1. The molecule has 0 aliphatic heterocycles. The zero-order valence-corrected chi connectivity index (χ0v) is 10.7. The molecule has 1 rings (SSSR count). The van der Waals surface area contributed by atoms with Crippen molar-refractivity contribution in [2.75, 3.05) is 13.7 Å². The van der Waals surface area contributed by atoms with E-state index in [0.717, 1.165) is 5.56 Å². The Balaban J connectivity index is 2.72. The fourth-order valence-corrected chi connectivity index (χ4v) is 2.02. The summed E-state index contributed by atoms with van der Waals surface area (Å²) in [4.78, 5) is 11.2. The van der Waals surface area contributed by atoms with Gasteiger partial charge >= 0.3 is 5.97 Å². The number of rotatable bonds is 5. The summed E-state index contributed by atoms with van der Waals surface area (Å²) < 4.78 is 18.0. The Morgan fingerprint density at radius 2 is 2.29 bits per heavy atom. The number of carbonyl (C=O) groups excluding carboxylic acids is 1. The third-order valence-electron chi connectivity index (χ3n) is 2.31. The lowest BCUT2D eigenvalue weighted by molar-refractivity contribution is 0.0595. The van der Waals surface area contributed by atoms with Gasteiger partial charge in [0.2, 0.25) is 0 Å². The number of hydrogen-bond acceptors (Lipinski definition) is 4. The van der Waals surface area contributed by atoms with Crippen LogP contribution in [-0.2, 0) is 10.5 Å². The van der Waals surface area contributed by atoms with Crippen LogP contribution >= 0.6 is 11.8 Å². The first-order valence-electron chi connectivity index (χ1n) is 5.27. The Bertz CT molecular complexity index is 398. The summed E-state index contributed by atoms with van der Waals surface area (Å²) in [5.41, 5.74) is 6.29. The minimum absolute atomic E-state index is 0.0341. The van der Waals surface area contributed by atoms with Gasteiger partial charge in [-0.25, -0.2) is 9.18 Å². The molecule has 0 aromatic heterocycles. The third-order valence-corrected chi connectivity index (χ3v) is 3.57. The second-order valence-corrected chi connectivity index (χ2v) is 5.09. The van der Waals surface area contributed by atoms with Crippen LogP contribution in [0.1, 0.15) is 22.8 Å². The number of esters is 1. The molecule has 1 atom stereocenters. The van der Waals surface area contributed by atoms with Crippen LogP contribution in [0.15, 0.2) is 18.2 Å². The molecule has 5 heteroatoms. The number of hydrogen-bond donors (Lipinski definition) is 1. The lowest BCUT2D eigenvalue weighted by Crippen LogP contribution is -2.12. The van der Waals surface area contributed by atoms with Crippen LogP contribution < -0.4 is 5.73 Å². The van der Waals surface area contributed by atoms with Crippen LogP contribution in [-0.4, -0.2) is 24.9 Å². The Kier molecular flexibility index (Phi) is 5.44. The number of nitrogens with two attached hydrogens (primary N) is 1. The van der Waals surface area contributed by atoms with Crippen molar-refractivity contribution in [1.29, 1.82) is 0 Å². The minimum atomic E-state index is -0.656.